The van der Waals surface area contributed by atoms with Crippen LogP contribution in [0.3, 0.4) is 0 Å². The predicted octanol–water partition coefficient (Wildman–Crippen LogP) is 2.97. The van der Waals surface area contributed by atoms with E-state index in [1.165, 1.54) is 6.33 Å². The van der Waals surface area contributed by atoms with Gasteiger partial charge in [-0.05, 0) is 44.0 Å². The Labute approximate surface area is 156 Å². The molecule has 1 saturated heterocycles. The van der Waals surface area contributed by atoms with Gasteiger partial charge in [0.25, 0.3) is 0 Å². The minimum absolute atomic E-state index is 0.0518. The number of nitrogens with zero attached hydrogens (tertiary/aromatic N) is 3. The minimum Gasteiger partial charge on any atom is -0.508 e. The highest BCUT2D eigenvalue weighted by atomic mass is 16.8. The lowest BCUT2D eigenvalue weighted by atomic mass is 9.95. The van der Waals surface area contributed by atoms with Crippen LogP contribution in [0.5, 0.6) is 5.75 Å². The average molecular weight is 366 g/mol. The van der Waals surface area contributed by atoms with Crippen molar-refractivity contribution in [3.8, 4) is 5.75 Å². The number of phenolic OH excluding ortho intramolecular Hbond substituents is 1. The second-order valence-corrected chi connectivity index (χ2v) is 7.79. The predicted molar refractivity (Wildman–Crippen MR) is 100 cm³/mol. The molecule has 7 nitrogen and oxygen atoms in total. The Balaban J connectivity index is 1.59. The van der Waals surface area contributed by atoms with Gasteiger partial charge in [-0.25, -0.2) is 9.97 Å². The second kappa shape index (κ2) is 5.68. The van der Waals surface area contributed by atoms with Gasteiger partial charge in [-0.15, -0.1) is 0 Å². The van der Waals surface area contributed by atoms with Gasteiger partial charge in [0.15, 0.2) is 5.79 Å². The lowest BCUT2D eigenvalue weighted by Gasteiger charge is -2.24. The van der Waals surface area contributed by atoms with Crippen LogP contribution in [0.25, 0.3) is 11.0 Å². The molecule has 1 saturated carbocycles. The average Bonchev–Trinajstić information content (AvgIpc) is 3.26. The number of benzene rings is 1. The van der Waals surface area contributed by atoms with E-state index in [1.807, 2.05) is 44.3 Å². The molecule has 0 amide bonds. The number of aromatic nitrogens is 3. The number of ether oxygens (including phenoxy) is 2. The van der Waals surface area contributed by atoms with Gasteiger partial charge in [-0.2, -0.15) is 0 Å². The molecule has 5 rings (SSSR count). The Hall–Kier alpha value is -2.64. The molecule has 0 unspecified atom stereocenters. The summed E-state index contributed by atoms with van der Waals surface area (Å²) in [4.78, 5) is 8.52. The van der Waals surface area contributed by atoms with Crippen molar-refractivity contribution in [3.05, 3.63) is 48.4 Å². The molecule has 1 aliphatic heterocycles. The summed E-state index contributed by atoms with van der Waals surface area (Å²) in [5.74, 6) is 0.199. The van der Waals surface area contributed by atoms with Crippen molar-refractivity contribution in [1.29, 1.82) is 0 Å². The number of anilines is 1. The molecule has 2 aromatic heterocycles. The molecule has 2 fully saturated rings. The number of fused-ring (bicyclic) bond motifs is 2. The molecule has 3 N–H and O–H groups in total. The van der Waals surface area contributed by atoms with Crippen LogP contribution in [-0.4, -0.2) is 37.6 Å². The molecule has 3 aromatic rings. The maximum absolute atomic E-state index is 9.93. The fraction of sp³-hybridized carbons (Fsp3) is 0.400. The van der Waals surface area contributed by atoms with E-state index in [0.717, 1.165) is 23.0 Å². The molecule has 2 aliphatic rings. The van der Waals surface area contributed by atoms with Gasteiger partial charge < -0.3 is 24.9 Å². The summed E-state index contributed by atoms with van der Waals surface area (Å²) in [6, 6.07) is 9.40. The third kappa shape index (κ3) is 2.57. The Bertz CT molecular complexity index is 1020. The van der Waals surface area contributed by atoms with Gasteiger partial charge in [0.1, 0.15) is 29.6 Å². The van der Waals surface area contributed by atoms with E-state index in [-0.39, 0.29) is 29.9 Å². The maximum Gasteiger partial charge on any atom is 0.163 e. The Morgan fingerprint density at radius 2 is 2.00 bits per heavy atom. The normalized spacial score (nSPS) is 29.3. The molecule has 7 heteroatoms. The van der Waals surface area contributed by atoms with Gasteiger partial charge in [0.2, 0.25) is 0 Å². The summed E-state index contributed by atoms with van der Waals surface area (Å²) in [6.07, 6.45) is 4.10. The van der Waals surface area contributed by atoms with Crippen molar-refractivity contribution >= 4 is 16.9 Å². The highest BCUT2D eigenvalue weighted by Crippen LogP contribution is 2.51. The third-order valence-corrected chi connectivity index (χ3v) is 5.63. The first-order valence-corrected chi connectivity index (χ1v) is 9.14. The van der Waals surface area contributed by atoms with Crippen LogP contribution in [0, 0.1) is 0 Å². The molecular formula is C20H22N4O3. The van der Waals surface area contributed by atoms with Crippen LogP contribution >= 0.6 is 0 Å². The molecule has 3 heterocycles. The van der Waals surface area contributed by atoms with Gasteiger partial charge in [-0.1, -0.05) is 12.1 Å². The van der Waals surface area contributed by atoms with E-state index in [0.29, 0.717) is 5.82 Å². The van der Waals surface area contributed by atoms with Crippen molar-refractivity contribution in [2.45, 2.75) is 50.2 Å². The zero-order valence-electron chi connectivity index (χ0n) is 15.2. The number of rotatable bonds is 2. The molecule has 1 aliphatic carbocycles. The van der Waals surface area contributed by atoms with Crippen LogP contribution in [-0.2, 0) is 9.47 Å². The molecule has 4 atom stereocenters. The van der Waals surface area contributed by atoms with Crippen LogP contribution < -0.4 is 5.73 Å². The monoisotopic (exact) mass is 366 g/mol. The third-order valence-electron chi connectivity index (χ3n) is 5.63. The van der Waals surface area contributed by atoms with Crippen molar-refractivity contribution in [1.82, 2.24) is 14.5 Å². The van der Waals surface area contributed by atoms with Crippen molar-refractivity contribution in [2.24, 2.45) is 0 Å². The first-order chi connectivity index (χ1) is 12.9. The molecule has 140 valence electrons. The van der Waals surface area contributed by atoms with Crippen LogP contribution in [0.1, 0.15) is 37.8 Å². The van der Waals surface area contributed by atoms with E-state index in [9.17, 15) is 5.11 Å². The number of nitrogen functional groups attached to an aromatic ring is 1. The van der Waals surface area contributed by atoms with Gasteiger partial charge in [0, 0.05) is 12.1 Å². The Morgan fingerprint density at radius 1 is 1.19 bits per heavy atom. The zero-order valence-corrected chi connectivity index (χ0v) is 15.2. The van der Waals surface area contributed by atoms with E-state index >= 15 is 0 Å². The van der Waals surface area contributed by atoms with Gasteiger partial charge >= 0.3 is 0 Å². The highest BCUT2D eigenvalue weighted by Gasteiger charge is 2.55. The largest absolute Gasteiger partial charge is 0.508 e. The fourth-order valence-electron chi connectivity index (χ4n) is 4.57. The molecular weight excluding hydrogens is 344 g/mol. The molecule has 27 heavy (non-hydrogen) atoms. The second-order valence-electron chi connectivity index (χ2n) is 7.79. The minimum atomic E-state index is -0.653. The van der Waals surface area contributed by atoms with E-state index < -0.39 is 5.79 Å². The highest BCUT2D eigenvalue weighted by molar-refractivity contribution is 5.86. The summed E-state index contributed by atoms with van der Waals surface area (Å²) < 4.78 is 14.7. The van der Waals surface area contributed by atoms with Gasteiger partial charge in [-0.3, -0.25) is 0 Å². The summed E-state index contributed by atoms with van der Waals surface area (Å²) in [5.41, 5.74) is 7.86. The van der Waals surface area contributed by atoms with E-state index in [1.54, 1.807) is 6.07 Å². The summed E-state index contributed by atoms with van der Waals surface area (Å²) in [6.45, 7) is 3.88. The number of hydrogen-bond donors (Lipinski definition) is 2. The topological polar surface area (TPSA) is 95.4 Å². The Morgan fingerprint density at radius 3 is 2.81 bits per heavy atom. The number of phenols is 1. The lowest BCUT2D eigenvalue weighted by Crippen LogP contribution is -2.27. The van der Waals surface area contributed by atoms with E-state index in [4.69, 9.17) is 15.2 Å². The fourth-order valence-corrected chi connectivity index (χ4v) is 4.57. The molecule has 0 spiro atoms. The van der Waals surface area contributed by atoms with Crippen molar-refractivity contribution in [3.63, 3.8) is 0 Å². The molecule has 0 bridgehead atoms. The summed E-state index contributed by atoms with van der Waals surface area (Å²) >= 11 is 0. The number of aromatic hydroxyl groups is 1. The van der Waals surface area contributed by atoms with E-state index in [2.05, 4.69) is 14.5 Å². The van der Waals surface area contributed by atoms with Crippen molar-refractivity contribution in [2.75, 3.05) is 5.73 Å². The van der Waals surface area contributed by atoms with Crippen LogP contribution in [0.2, 0.25) is 0 Å². The summed E-state index contributed by atoms with van der Waals surface area (Å²) in [7, 11) is 0. The van der Waals surface area contributed by atoms with Crippen molar-refractivity contribution < 1.29 is 14.6 Å². The SMILES string of the molecule is CC1(C)O[C@@H]2[C@H](O1)[C@@H](c1cccc(O)c1)C[C@H]2n1ccc2c(N)ncnc21. The first kappa shape index (κ1) is 16.5. The lowest BCUT2D eigenvalue weighted by molar-refractivity contribution is -0.157. The van der Waals surface area contributed by atoms with Crippen LogP contribution in [0.4, 0.5) is 5.82 Å². The zero-order chi connectivity index (χ0) is 18.8. The first-order valence-electron chi connectivity index (χ1n) is 9.14. The smallest absolute Gasteiger partial charge is 0.163 e. The number of hydrogen-bond acceptors (Lipinski definition) is 6. The maximum atomic E-state index is 9.93. The molecule has 1 aromatic carbocycles. The van der Waals surface area contributed by atoms with Gasteiger partial charge in [0.05, 0.1) is 17.5 Å². The van der Waals surface area contributed by atoms with Crippen LogP contribution in [0.15, 0.2) is 42.9 Å². The number of nitrogens with two attached hydrogens (primary N) is 1. The molecule has 0 radical (unpaired) electrons. The Kier molecular flexibility index (Phi) is 3.47. The summed E-state index contributed by atoms with van der Waals surface area (Å²) in [5, 5.41) is 10.8. The standard InChI is InChI=1S/C20H22N4O3/c1-20(2)26-16-14(11-4-3-5-12(25)8-11)9-15(17(16)27-20)24-7-6-13-18(21)22-10-23-19(13)24/h3-8,10,14-17,25H,9H2,1-2H3,(H2,21,22,23)/t14-,15-,16-,17+/m1/s1. The quantitative estimate of drug-likeness (QED) is 0.724.